The van der Waals surface area contributed by atoms with Crippen molar-refractivity contribution in [2.24, 2.45) is 5.41 Å². The monoisotopic (exact) mass is 501 g/mol. The second-order valence-corrected chi connectivity index (χ2v) is 9.56. The molecule has 5 rings (SSSR count). The number of rotatable bonds is 6. The first-order valence-corrected chi connectivity index (χ1v) is 12.5. The summed E-state index contributed by atoms with van der Waals surface area (Å²) in [6, 6.07) is 11.8. The van der Waals surface area contributed by atoms with Crippen molar-refractivity contribution in [3.63, 3.8) is 0 Å². The normalized spacial score (nSPS) is 16.9. The van der Waals surface area contributed by atoms with Gasteiger partial charge in [0.2, 0.25) is 11.8 Å². The average Bonchev–Trinajstić information content (AvgIpc) is 3.63. The molecular formula is C28H31N5O4. The predicted octanol–water partition coefficient (Wildman–Crippen LogP) is 3.45. The molecule has 4 heterocycles. The van der Waals surface area contributed by atoms with Gasteiger partial charge in [-0.3, -0.25) is 9.59 Å². The van der Waals surface area contributed by atoms with Gasteiger partial charge in [-0.25, -0.2) is 4.98 Å². The minimum atomic E-state index is -0.0473. The summed E-state index contributed by atoms with van der Waals surface area (Å²) in [5.74, 6) is 0.363. The van der Waals surface area contributed by atoms with E-state index in [0.717, 1.165) is 24.9 Å². The highest BCUT2D eigenvalue weighted by Gasteiger charge is 2.42. The average molecular weight is 502 g/mol. The molecule has 2 aliphatic rings. The van der Waals surface area contributed by atoms with E-state index >= 15 is 0 Å². The lowest BCUT2D eigenvalue weighted by molar-refractivity contribution is -0.125. The van der Waals surface area contributed by atoms with Crippen LogP contribution in [0.15, 0.2) is 61.1 Å². The van der Waals surface area contributed by atoms with Crippen molar-refractivity contribution in [1.82, 2.24) is 24.3 Å². The van der Waals surface area contributed by atoms with Gasteiger partial charge in [-0.2, -0.15) is 4.98 Å². The molecule has 1 aromatic carbocycles. The first-order chi connectivity index (χ1) is 18.0. The predicted molar refractivity (Wildman–Crippen MR) is 139 cm³/mol. The van der Waals surface area contributed by atoms with Crippen LogP contribution in [0.1, 0.15) is 35.2 Å². The number of hydrogen-bond donors (Lipinski definition) is 0. The molecule has 192 valence electrons. The van der Waals surface area contributed by atoms with Crippen molar-refractivity contribution in [3.8, 4) is 17.6 Å². The fourth-order valence-corrected chi connectivity index (χ4v) is 5.26. The summed E-state index contributed by atoms with van der Waals surface area (Å²) in [6.07, 6.45) is 11.4. The first-order valence-electron chi connectivity index (χ1n) is 12.5. The molecular weight excluding hydrogens is 470 g/mol. The number of methoxy groups -OCH3 is 2. The summed E-state index contributed by atoms with van der Waals surface area (Å²) >= 11 is 0. The van der Waals surface area contributed by atoms with E-state index in [4.69, 9.17) is 9.47 Å². The molecule has 0 radical (unpaired) electrons. The fourth-order valence-electron chi connectivity index (χ4n) is 5.26. The number of likely N-dealkylation sites (tertiary alicyclic amines) is 2. The Morgan fingerprint density at radius 1 is 0.946 bits per heavy atom. The quantitative estimate of drug-likeness (QED) is 0.481. The fraction of sp³-hybridized carbons (Fsp3) is 0.357. The van der Waals surface area contributed by atoms with Gasteiger partial charge in [0.15, 0.2) is 0 Å². The highest BCUT2D eigenvalue weighted by Crippen LogP contribution is 2.41. The Morgan fingerprint density at radius 3 is 2.35 bits per heavy atom. The van der Waals surface area contributed by atoms with Gasteiger partial charge in [0, 0.05) is 50.8 Å². The van der Waals surface area contributed by atoms with Gasteiger partial charge in [0.05, 0.1) is 31.0 Å². The Kier molecular flexibility index (Phi) is 6.94. The lowest BCUT2D eigenvalue weighted by Crippen LogP contribution is -2.44. The van der Waals surface area contributed by atoms with Gasteiger partial charge < -0.3 is 23.8 Å². The number of piperidine rings is 1. The molecule has 9 nitrogen and oxygen atoms in total. The summed E-state index contributed by atoms with van der Waals surface area (Å²) < 4.78 is 12.3. The highest BCUT2D eigenvalue weighted by molar-refractivity contribution is 5.98. The number of benzene rings is 1. The molecule has 2 aliphatic heterocycles. The molecule has 37 heavy (non-hydrogen) atoms. The van der Waals surface area contributed by atoms with Crippen molar-refractivity contribution < 1.29 is 19.1 Å². The topological polar surface area (TPSA) is 89.8 Å². The van der Waals surface area contributed by atoms with Gasteiger partial charge in [-0.05, 0) is 55.0 Å². The zero-order chi connectivity index (χ0) is 25.8. The number of nitrogens with zero attached hydrogens (tertiary/aromatic N) is 5. The van der Waals surface area contributed by atoms with E-state index in [1.165, 1.54) is 14.2 Å². The summed E-state index contributed by atoms with van der Waals surface area (Å²) in [4.78, 5) is 38.4. The molecule has 3 aromatic rings. The summed E-state index contributed by atoms with van der Waals surface area (Å²) in [5, 5.41) is 0. The third-order valence-electron chi connectivity index (χ3n) is 7.42. The smallest absolute Gasteiger partial charge is 0.319 e. The SMILES string of the molecule is COc1ncc(/C=C/C(=O)N2CCC3(CCN(C(=O)c4ccccc4-n4cccc4)CC3)C2)c(OC)n1. The summed E-state index contributed by atoms with van der Waals surface area (Å²) in [5.41, 5.74) is 2.26. The first kappa shape index (κ1) is 24.5. The molecule has 2 aromatic heterocycles. The van der Waals surface area contributed by atoms with Gasteiger partial charge in [-0.1, -0.05) is 12.1 Å². The third-order valence-corrected chi connectivity index (χ3v) is 7.42. The van der Waals surface area contributed by atoms with Crippen LogP contribution >= 0.6 is 0 Å². The zero-order valence-electron chi connectivity index (χ0n) is 21.2. The molecule has 0 bridgehead atoms. The minimum Gasteiger partial charge on any atom is -0.480 e. The van der Waals surface area contributed by atoms with Crippen molar-refractivity contribution in [2.75, 3.05) is 40.4 Å². The van der Waals surface area contributed by atoms with Crippen LogP contribution in [0, 0.1) is 5.41 Å². The van der Waals surface area contributed by atoms with E-state index in [0.29, 0.717) is 43.2 Å². The number of para-hydroxylation sites is 1. The lowest BCUT2D eigenvalue weighted by atomic mass is 9.77. The second kappa shape index (κ2) is 10.5. The van der Waals surface area contributed by atoms with Crippen LogP contribution in [0.3, 0.4) is 0 Å². The van der Waals surface area contributed by atoms with Gasteiger partial charge in [-0.15, -0.1) is 0 Å². The molecule has 0 saturated carbocycles. The number of hydrogen-bond acceptors (Lipinski definition) is 6. The molecule has 0 N–H and O–H groups in total. The van der Waals surface area contributed by atoms with E-state index in [1.54, 1.807) is 18.3 Å². The maximum absolute atomic E-state index is 13.4. The number of ether oxygens (including phenoxy) is 2. The van der Waals surface area contributed by atoms with E-state index in [-0.39, 0.29) is 23.2 Å². The summed E-state index contributed by atoms with van der Waals surface area (Å²) in [6.45, 7) is 2.80. The number of carbonyl (C=O) groups excluding carboxylic acids is 2. The van der Waals surface area contributed by atoms with Gasteiger partial charge >= 0.3 is 6.01 Å². The maximum Gasteiger partial charge on any atom is 0.319 e. The number of amides is 2. The molecule has 2 amide bonds. The second-order valence-electron chi connectivity index (χ2n) is 9.56. The molecule has 9 heteroatoms. The maximum atomic E-state index is 13.4. The van der Waals surface area contributed by atoms with Gasteiger partial charge in [0.25, 0.3) is 5.91 Å². The third kappa shape index (κ3) is 5.07. The lowest BCUT2D eigenvalue weighted by Gasteiger charge is -2.39. The standard InChI is InChI=1S/C28H31N5O4/c1-36-25-21(19-29-27(30-25)37-2)9-10-24(34)33-18-13-28(20-33)11-16-32(17-12-28)26(35)22-7-3-4-8-23(22)31-14-5-6-15-31/h3-10,14-15,19H,11-13,16-18,20H2,1-2H3/b10-9+. The van der Waals surface area contributed by atoms with Crippen molar-refractivity contribution in [3.05, 3.63) is 72.2 Å². The van der Waals surface area contributed by atoms with Crippen LogP contribution in [0.5, 0.6) is 11.9 Å². The molecule has 0 atom stereocenters. The van der Waals surface area contributed by atoms with Gasteiger partial charge in [0.1, 0.15) is 0 Å². The Morgan fingerprint density at radius 2 is 1.65 bits per heavy atom. The van der Waals surface area contributed by atoms with E-state index in [2.05, 4.69) is 9.97 Å². The van der Waals surface area contributed by atoms with Crippen molar-refractivity contribution >= 4 is 17.9 Å². The Labute approximate surface area is 216 Å². The van der Waals surface area contributed by atoms with Crippen LogP contribution in [0.25, 0.3) is 11.8 Å². The Balaban J connectivity index is 1.20. The van der Waals surface area contributed by atoms with Crippen LogP contribution in [0.2, 0.25) is 0 Å². The van der Waals surface area contributed by atoms with Crippen LogP contribution < -0.4 is 9.47 Å². The minimum absolute atomic E-state index is 0.0473. The Hall–Kier alpha value is -4.14. The van der Waals surface area contributed by atoms with E-state index in [1.807, 2.05) is 63.2 Å². The van der Waals surface area contributed by atoms with Crippen LogP contribution in [-0.2, 0) is 4.79 Å². The number of carbonyl (C=O) groups is 2. The molecule has 2 fully saturated rings. The van der Waals surface area contributed by atoms with E-state index < -0.39 is 0 Å². The summed E-state index contributed by atoms with van der Waals surface area (Å²) in [7, 11) is 3.00. The van der Waals surface area contributed by atoms with Crippen LogP contribution in [-0.4, -0.2) is 76.5 Å². The van der Waals surface area contributed by atoms with Crippen molar-refractivity contribution in [1.29, 1.82) is 0 Å². The Bertz CT molecular complexity index is 1300. The highest BCUT2D eigenvalue weighted by atomic mass is 16.5. The van der Waals surface area contributed by atoms with Crippen molar-refractivity contribution in [2.45, 2.75) is 19.3 Å². The molecule has 0 aliphatic carbocycles. The zero-order valence-corrected chi connectivity index (χ0v) is 21.2. The largest absolute Gasteiger partial charge is 0.480 e. The van der Waals surface area contributed by atoms with E-state index in [9.17, 15) is 9.59 Å². The molecule has 0 unspecified atom stereocenters. The molecule has 2 saturated heterocycles. The van der Waals surface area contributed by atoms with Crippen LogP contribution in [0.4, 0.5) is 0 Å². The molecule has 1 spiro atoms. The number of aromatic nitrogens is 3.